The molecular weight excluding hydrogens is 391 g/mol. The van der Waals surface area contributed by atoms with Gasteiger partial charge >= 0.3 is 0 Å². The number of aromatic nitrogens is 1. The molecule has 0 N–H and O–H groups in total. The van der Waals surface area contributed by atoms with Gasteiger partial charge in [-0.15, -0.1) is 0 Å². The van der Waals surface area contributed by atoms with Crippen LogP contribution in [0.1, 0.15) is 18.4 Å². The Morgan fingerprint density at radius 2 is 1.48 bits per heavy atom. The number of piperidine rings is 1. The van der Waals surface area contributed by atoms with Crippen LogP contribution < -0.4 is 4.90 Å². The van der Waals surface area contributed by atoms with Crippen molar-refractivity contribution in [2.24, 2.45) is 5.92 Å². The molecule has 0 saturated carbocycles. The molecule has 151 valence electrons. The van der Waals surface area contributed by atoms with Gasteiger partial charge in [0, 0.05) is 30.1 Å². The molecule has 0 unspecified atom stereocenters. The fourth-order valence-electron chi connectivity index (χ4n) is 3.89. The standard InChI is InChI=1S/C21H16F5N2O/c22-17-13(18(23)20(25)21(26)19(17)24)9-11-5-7-28(8-6-11)15-10-16(29)27-14-4-2-1-3-12(14)15/h1-4,10-11H,5-9H2. The summed E-state index contributed by atoms with van der Waals surface area (Å²) >= 11 is 0. The Hall–Kier alpha value is -2.90. The van der Waals surface area contributed by atoms with Crippen LogP contribution in [0.5, 0.6) is 5.88 Å². The first kappa shape index (κ1) is 19.4. The third-order valence-corrected chi connectivity index (χ3v) is 5.42. The molecule has 0 amide bonds. The first-order valence-electron chi connectivity index (χ1n) is 9.19. The van der Waals surface area contributed by atoms with Crippen LogP contribution >= 0.6 is 0 Å². The van der Waals surface area contributed by atoms with E-state index in [4.69, 9.17) is 0 Å². The Bertz CT molecular complexity index is 1050. The molecule has 29 heavy (non-hydrogen) atoms. The second-order valence-corrected chi connectivity index (χ2v) is 7.18. The zero-order valence-corrected chi connectivity index (χ0v) is 15.2. The third-order valence-electron chi connectivity index (χ3n) is 5.42. The molecule has 1 aromatic heterocycles. The van der Waals surface area contributed by atoms with E-state index in [1.54, 1.807) is 12.1 Å². The Morgan fingerprint density at radius 3 is 2.14 bits per heavy atom. The van der Waals surface area contributed by atoms with Crippen molar-refractivity contribution < 1.29 is 27.1 Å². The highest BCUT2D eigenvalue weighted by molar-refractivity contribution is 5.92. The summed E-state index contributed by atoms with van der Waals surface area (Å²) in [6, 6.07) is 8.68. The van der Waals surface area contributed by atoms with Crippen molar-refractivity contribution in [1.29, 1.82) is 0 Å². The maximum Gasteiger partial charge on any atom is 0.272 e. The Kier molecular flexibility index (Phi) is 5.02. The lowest BCUT2D eigenvalue weighted by molar-refractivity contribution is 0.338. The monoisotopic (exact) mass is 407 g/mol. The summed E-state index contributed by atoms with van der Waals surface area (Å²) in [7, 11) is 0. The van der Waals surface area contributed by atoms with Gasteiger partial charge in [0.15, 0.2) is 23.3 Å². The maximum atomic E-state index is 13.9. The predicted octanol–water partition coefficient (Wildman–Crippen LogP) is 5.53. The lowest BCUT2D eigenvalue weighted by Crippen LogP contribution is -2.34. The number of halogens is 5. The summed E-state index contributed by atoms with van der Waals surface area (Å²) in [6.45, 7) is 0.987. The Labute approximate surface area is 163 Å². The number of pyridine rings is 1. The molecule has 1 aliphatic heterocycles. The summed E-state index contributed by atoms with van der Waals surface area (Å²) in [5.74, 6) is -10.1. The topological polar surface area (TPSA) is 36.0 Å². The van der Waals surface area contributed by atoms with Gasteiger partial charge in [0.05, 0.1) is 11.2 Å². The van der Waals surface area contributed by atoms with Gasteiger partial charge in [-0.25, -0.2) is 26.9 Å². The van der Waals surface area contributed by atoms with Crippen molar-refractivity contribution >= 4 is 16.6 Å². The van der Waals surface area contributed by atoms with Crippen molar-refractivity contribution in [3.63, 3.8) is 0 Å². The fraction of sp³-hybridized carbons (Fsp3) is 0.286. The highest BCUT2D eigenvalue weighted by Crippen LogP contribution is 2.34. The molecule has 4 rings (SSSR count). The number of nitrogens with zero attached hydrogens (tertiary/aromatic N) is 2. The quantitative estimate of drug-likeness (QED) is 0.325. The van der Waals surface area contributed by atoms with Crippen LogP contribution in [-0.2, 0) is 11.5 Å². The van der Waals surface area contributed by atoms with E-state index in [-0.39, 0.29) is 18.2 Å². The number of para-hydroxylation sites is 1. The van der Waals surface area contributed by atoms with E-state index in [9.17, 15) is 27.1 Å². The zero-order valence-electron chi connectivity index (χ0n) is 15.2. The van der Waals surface area contributed by atoms with Crippen LogP contribution in [0.3, 0.4) is 0 Å². The van der Waals surface area contributed by atoms with E-state index in [0.717, 1.165) is 11.1 Å². The molecule has 0 aliphatic carbocycles. The van der Waals surface area contributed by atoms with E-state index in [0.29, 0.717) is 31.4 Å². The van der Waals surface area contributed by atoms with Gasteiger partial charge in [0.2, 0.25) is 5.82 Å². The predicted molar refractivity (Wildman–Crippen MR) is 96.7 cm³/mol. The van der Waals surface area contributed by atoms with E-state index < -0.39 is 34.6 Å². The molecule has 0 spiro atoms. The van der Waals surface area contributed by atoms with Gasteiger partial charge < -0.3 is 4.90 Å². The van der Waals surface area contributed by atoms with Gasteiger partial charge in [-0.2, -0.15) is 0 Å². The largest absolute Gasteiger partial charge is 0.371 e. The number of rotatable bonds is 3. The summed E-state index contributed by atoms with van der Waals surface area (Å²) in [5, 5.41) is 12.7. The summed E-state index contributed by atoms with van der Waals surface area (Å²) in [4.78, 5) is 5.96. The number of fused-ring (bicyclic) bond motifs is 1. The van der Waals surface area contributed by atoms with Crippen LogP contribution in [0.2, 0.25) is 0 Å². The minimum Gasteiger partial charge on any atom is -0.371 e. The normalized spacial score (nSPS) is 15.3. The van der Waals surface area contributed by atoms with Crippen molar-refractivity contribution in [3.8, 4) is 5.88 Å². The molecule has 0 bridgehead atoms. The lowest BCUT2D eigenvalue weighted by atomic mass is 9.89. The van der Waals surface area contributed by atoms with Gasteiger partial charge in [0.25, 0.3) is 5.88 Å². The van der Waals surface area contributed by atoms with E-state index in [1.165, 1.54) is 6.07 Å². The van der Waals surface area contributed by atoms with Crippen LogP contribution in [0, 0.1) is 35.0 Å². The molecule has 3 aromatic rings. The number of hydrogen-bond donors (Lipinski definition) is 0. The summed E-state index contributed by atoms with van der Waals surface area (Å²) in [5.41, 5.74) is 0.546. The maximum absolute atomic E-state index is 13.9. The minimum absolute atomic E-state index is 0.233. The van der Waals surface area contributed by atoms with E-state index in [1.807, 2.05) is 17.0 Å². The minimum atomic E-state index is -2.14. The second kappa shape index (κ2) is 7.50. The molecule has 2 aromatic carbocycles. The summed E-state index contributed by atoms with van der Waals surface area (Å²) < 4.78 is 67.9. The van der Waals surface area contributed by atoms with Crippen LogP contribution in [-0.4, -0.2) is 18.1 Å². The molecule has 1 radical (unpaired) electrons. The first-order chi connectivity index (χ1) is 13.9. The van der Waals surface area contributed by atoms with Gasteiger partial charge in [-0.1, -0.05) is 18.2 Å². The van der Waals surface area contributed by atoms with Gasteiger partial charge in [0.1, 0.15) is 0 Å². The third kappa shape index (κ3) is 3.47. The van der Waals surface area contributed by atoms with Crippen LogP contribution in [0.15, 0.2) is 30.3 Å². The number of hydrogen-bond acceptors (Lipinski definition) is 2. The lowest BCUT2D eigenvalue weighted by Gasteiger charge is -2.34. The smallest absolute Gasteiger partial charge is 0.272 e. The molecule has 0 atom stereocenters. The van der Waals surface area contributed by atoms with Crippen molar-refractivity contribution in [3.05, 3.63) is 65.0 Å². The second-order valence-electron chi connectivity index (χ2n) is 7.18. The van der Waals surface area contributed by atoms with Crippen molar-refractivity contribution in [1.82, 2.24) is 4.98 Å². The van der Waals surface area contributed by atoms with E-state index in [2.05, 4.69) is 4.98 Å². The first-order valence-corrected chi connectivity index (χ1v) is 9.19. The zero-order chi connectivity index (χ0) is 20.7. The molecule has 1 saturated heterocycles. The molecule has 3 nitrogen and oxygen atoms in total. The highest BCUT2D eigenvalue weighted by Gasteiger charge is 2.29. The average Bonchev–Trinajstić information content (AvgIpc) is 2.74. The van der Waals surface area contributed by atoms with Crippen LogP contribution in [0.4, 0.5) is 27.6 Å². The molecule has 2 heterocycles. The van der Waals surface area contributed by atoms with Gasteiger partial charge in [-0.3, -0.25) is 5.11 Å². The fourth-order valence-corrected chi connectivity index (χ4v) is 3.89. The highest BCUT2D eigenvalue weighted by atomic mass is 19.2. The summed E-state index contributed by atoms with van der Waals surface area (Å²) in [6.07, 6.45) is 0.748. The van der Waals surface area contributed by atoms with Gasteiger partial charge in [-0.05, 0) is 31.2 Å². The van der Waals surface area contributed by atoms with E-state index >= 15 is 0 Å². The number of anilines is 1. The Morgan fingerprint density at radius 1 is 0.897 bits per heavy atom. The molecule has 1 fully saturated rings. The number of benzene rings is 2. The van der Waals surface area contributed by atoms with Crippen LogP contribution in [0.25, 0.3) is 10.9 Å². The van der Waals surface area contributed by atoms with Crippen molar-refractivity contribution in [2.45, 2.75) is 19.3 Å². The van der Waals surface area contributed by atoms with Crippen molar-refractivity contribution in [2.75, 3.05) is 18.0 Å². The SMILES string of the molecule is [O]c1cc(N2CCC(Cc3c(F)c(F)c(F)c(F)c3F)CC2)c2ccccc2n1. The Balaban J connectivity index is 1.53. The average molecular weight is 407 g/mol. The molecule has 1 aliphatic rings. The molecular formula is C21H16F5N2O. The molecule has 8 heteroatoms.